The number of fused-ring (bicyclic) bond motifs is 1. The van der Waals surface area contributed by atoms with Gasteiger partial charge in [0, 0.05) is 31.6 Å². The molecule has 0 saturated heterocycles. The summed E-state index contributed by atoms with van der Waals surface area (Å²) in [5.41, 5.74) is 6.92. The van der Waals surface area contributed by atoms with E-state index in [0.29, 0.717) is 12.5 Å². The fraction of sp³-hybridized carbons (Fsp3) is 0.500. The average molecular weight is 382 g/mol. The fourth-order valence-corrected chi connectivity index (χ4v) is 3.53. The van der Waals surface area contributed by atoms with Gasteiger partial charge in [0.25, 0.3) is 0 Å². The van der Waals surface area contributed by atoms with E-state index in [1.807, 2.05) is 7.05 Å². The fourth-order valence-electron chi connectivity index (χ4n) is 3.53. The number of nitrogens with one attached hydrogen (secondary N) is 1. The molecule has 0 spiro atoms. The number of aromatic nitrogens is 4. The van der Waals surface area contributed by atoms with Gasteiger partial charge in [0.05, 0.1) is 24.0 Å². The molecule has 0 aromatic carbocycles. The molecule has 0 aliphatic carbocycles. The highest BCUT2D eigenvalue weighted by Gasteiger charge is 2.20. The van der Waals surface area contributed by atoms with Crippen LogP contribution in [0.15, 0.2) is 18.3 Å². The summed E-state index contributed by atoms with van der Waals surface area (Å²) in [6, 6.07) is 4.40. The van der Waals surface area contributed by atoms with E-state index in [-0.39, 0.29) is 6.04 Å². The van der Waals surface area contributed by atoms with Gasteiger partial charge in [-0.2, -0.15) is 0 Å². The lowest BCUT2D eigenvalue weighted by atomic mass is 10.0. The normalized spacial score (nSPS) is 12.7. The van der Waals surface area contributed by atoms with Crippen LogP contribution >= 0.6 is 0 Å². The molecule has 0 fully saturated rings. The zero-order valence-electron chi connectivity index (χ0n) is 18.0. The lowest BCUT2D eigenvalue weighted by Crippen LogP contribution is -2.11. The molecule has 3 heterocycles. The predicted octanol–water partition coefficient (Wildman–Crippen LogP) is 4.74. The SMILES string of the molecule is CCc1nc2c(nc1-c1ccc(C(C)C)nc1NC)c(C)cn2C(C)COC. The average Bonchev–Trinajstić information content (AvgIpc) is 3.02. The van der Waals surface area contributed by atoms with Gasteiger partial charge in [-0.15, -0.1) is 0 Å². The quantitative estimate of drug-likeness (QED) is 0.640. The van der Waals surface area contributed by atoms with Crippen molar-refractivity contribution in [2.75, 3.05) is 26.1 Å². The summed E-state index contributed by atoms with van der Waals surface area (Å²) >= 11 is 0. The summed E-state index contributed by atoms with van der Waals surface area (Å²) in [5.74, 6) is 1.22. The van der Waals surface area contributed by atoms with Gasteiger partial charge in [0.15, 0.2) is 5.65 Å². The van der Waals surface area contributed by atoms with Crippen LogP contribution < -0.4 is 5.32 Å². The maximum atomic E-state index is 5.34. The van der Waals surface area contributed by atoms with Gasteiger partial charge in [0.2, 0.25) is 0 Å². The summed E-state index contributed by atoms with van der Waals surface area (Å²) in [4.78, 5) is 14.9. The number of aryl methyl sites for hydroxylation is 2. The molecule has 6 nitrogen and oxygen atoms in total. The molecule has 1 N–H and O–H groups in total. The molecule has 0 aliphatic heterocycles. The zero-order chi connectivity index (χ0) is 20.4. The van der Waals surface area contributed by atoms with Crippen LogP contribution in [0.25, 0.3) is 22.4 Å². The predicted molar refractivity (Wildman–Crippen MR) is 115 cm³/mol. The third-order valence-corrected chi connectivity index (χ3v) is 5.12. The van der Waals surface area contributed by atoms with Gasteiger partial charge in [-0.3, -0.25) is 0 Å². The van der Waals surface area contributed by atoms with Crippen LogP contribution in [0, 0.1) is 6.92 Å². The maximum absolute atomic E-state index is 5.34. The second-order valence-electron chi connectivity index (χ2n) is 7.61. The summed E-state index contributed by atoms with van der Waals surface area (Å²) in [6.07, 6.45) is 2.92. The Kier molecular flexibility index (Phi) is 5.98. The van der Waals surface area contributed by atoms with Gasteiger partial charge in [-0.25, -0.2) is 15.0 Å². The lowest BCUT2D eigenvalue weighted by molar-refractivity contribution is 0.163. The van der Waals surface area contributed by atoms with Gasteiger partial charge in [-0.05, 0) is 43.9 Å². The third kappa shape index (κ3) is 3.61. The minimum atomic E-state index is 0.200. The van der Waals surface area contributed by atoms with Crippen molar-refractivity contribution in [3.05, 3.63) is 35.3 Å². The molecule has 6 heteroatoms. The van der Waals surface area contributed by atoms with Crippen molar-refractivity contribution in [2.45, 2.75) is 53.0 Å². The van der Waals surface area contributed by atoms with E-state index in [1.54, 1.807) is 7.11 Å². The number of anilines is 1. The molecule has 0 radical (unpaired) electrons. The molecule has 150 valence electrons. The maximum Gasteiger partial charge on any atom is 0.159 e. The van der Waals surface area contributed by atoms with Crippen molar-refractivity contribution >= 4 is 17.0 Å². The number of methoxy groups -OCH3 is 1. The standard InChI is InChI=1S/C22H31N5O/c1-8-17-20(16-9-10-18(13(2)3)24-21(16)23-6)26-19-14(4)11-27(22(19)25-17)15(5)12-28-7/h9-11,13,15H,8,12H2,1-7H3,(H,23,24). The lowest BCUT2D eigenvalue weighted by Gasteiger charge is -2.16. The molecule has 0 saturated carbocycles. The molecule has 1 atom stereocenters. The summed E-state index contributed by atoms with van der Waals surface area (Å²) in [6.45, 7) is 11.3. The Morgan fingerprint density at radius 1 is 1.14 bits per heavy atom. The number of pyridine rings is 1. The third-order valence-electron chi connectivity index (χ3n) is 5.12. The highest BCUT2D eigenvalue weighted by Crippen LogP contribution is 2.32. The van der Waals surface area contributed by atoms with Crippen molar-refractivity contribution < 1.29 is 4.74 Å². The molecular formula is C22H31N5O. The molecule has 1 unspecified atom stereocenters. The van der Waals surface area contributed by atoms with E-state index in [0.717, 1.165) is 51.6 Å². The number of hydrogen-bond donors (Lipinski definition) is 1. The van der Waals surface area contributed by atoms with Crippen LogP contribution in [-0.2, 0) is 11.2 Å². The van der Waals surface area contributed by atoms with E-state index in [9.17, 15) is 0 Å². The molecule has 0 amide bonds. The van der Waals surface area contributed by atoms with Crippen LogP contribution in [0.1, 0.15) is 56.6 Å². The summed E-state index contributed by atoms with van der Waals surface area (Å²) in [7, 11) is 3.63. The Hall–Kier alpha value is -2.47. The van der Waals surface area contributed by atoms with E-state index < -0.39 is 0 Å². The highest BCUT2D eigenvalue weighted by molar-refractivity contribution is 5.82. The van der Waals surface area contributed by atoms with Crippen molar-refractivity contribution in [3.63, 3.8) is 0 Å². The van der Waals surface area contributed by atoms with Crippen molar-refractivity contribution in [3.8, 4) is 11.3 Å². The number of ether oxygens (including phenoxy) is 1. The molecular weight excluding hydrogens is 350 g/mol. The van der Waals surface area contributed by atoms with Crippen LogP contribution in [0.5, 0.6) is 0 Å². The van der Waals surface area contributed by atoms with E-state index in [1.165, 1.54) is 0 Å². The first-order valence-electron chi connectivity index (χ1n) is 9.97. The molecule has 0 aliphatic rings. The Balaban J connectivity index is 2.21. The molecule has 3 rings (SSSR count). The smallest absolute Gasteiger partial charge is 0.159 e. The Bertz CT molecular complexity index is 977. The molecule has 3 aromatic rings. The first-order chi connectivity index (χ1) is 13.4. The number of rotatable bonds is 7. The van der Waals surface area contributed by atoms with Crippen molar-refractivity contribution in [1.29, 1.82) is 0 Å². The largest absolute Gasteiger partial charge is 0.383 e. The molecule has 0 bridgehead atoms. The first kappa shape index (κ1) is 20.3. The van der Waals surface area contributed by atoms with Gasteiger partial charge >= 0.3 is 0 Å². The monoisotopic (exact) mass is 381 g/mol. The van der Waals surface area contributed by atoms with Gasteiger partial charge in [0.1, 0.15) is 11.3 Å². The topological polar surface area (TPSA) is 64.9 Å². The minimum absolute atomic E-state index is 0.200. The zero-order valence-corrected chi connectivity index (χ0v) is 18.0. The van der Waals surface area contributed by atoms with Crippen LogP contribution in [0.4, 0.5) is 5.82 Å². The van der Waals surface area contributed by atoms with Crippen LogP contribution in [0.3, 0.4) is 0 Å². The van der Waals surface area contributed by atoms with Gasteiger partial charge < -0.3 is 14.6 Å². The first-order valence-corrected chi connectivity index (χ1v) is 9.97. The number of hydrogen-bond acceptors (Lipinski definition) is 5. The summed E-state index contributed by atoms with van der Waals surface area (Å²) in [5, 5.41) is 3.24. The van der Waals surface area contributed by atoms with E-state index in [2.05, 4.69) is 62.8 Å². The van der Waals surface area contributed by atoms with Crippen LogP contribution in [-0.4, -0.2) is 40.3 Å². The Morgan fingerprint density at radius 3 is 2.50 bits per heavy atom. The molecule has 3 aromatic heterocycles. The number of nitrogens with zero attached hydrogens (tertiary/aromatic N) is 4. The Labute approximate surface area is 167 Å². The Morgan fingerprint density at radius 2 is 1.89 bits per heavy atom. The van der Waals surface area contributed by atoms with E-state index in [4.69, 9.17) is 19.7 Å². The minimum Gasteiger partial charge on any atom is -0.383 e. The molecule has 28 heavy (non-hydrogen) atoms. The second-order valence-corrected chi connectivity index (χ2v) is 7.61. The van der Waals surface area contributed by atoms with Gasteiger partial charge in [-0.1, -0.05) is 20.8 Å². The van der Waals surface area contributed by atoms with Crippen molar-refractivity contribution in [2.24, 2.45) is 0 Å². The highest BCUT2D eigenvalue weighted by atomic mass is 16.5. The second kappa shape index (κ2) is 8.27. The van der Waals surface area contributed by atoms with E-state index >= 15 is 0 Å². The van der Waals surface area contributed by atoms with Crippen molar-refractivity contribution in [1.82, 2.24) is 19.5 Å². The van der Waals surface area contributed by atoms with Crippen LogP contribution in [0.2, 0.25) is 0 Å². The summed E-state index contributed by atoms with van der Waals surface area (Å²) < 4.78 is 7.51.